The van der Waals surface area contributed by atoms with Crippen LogP contribution in [0.2, 0.25) is 0 Å². The Kier molecular flexibility index (Phi) is 6.36. The number of allylic oxidation sites excluding steroid dienone is 1. The standard InChI is InChI=1S/C10H17F2NS2/c1-8(2)6-5-7-10(11,12)15-9(14)13(3)4/h1,5-7H2,2-4H3. The lowest BCUT2D eigenvalue weighted by Crippen LogP contribution is -2.22. The van der Waals surface area contributed by atoms with Crippen LogP contribution < -0.4 is 0 Å². The minimum Gasteiger partial charge on any atom is -0.363 e. The molecule has 0 rings (SSSR count). The van der Waals surface area contributed by atoms with Crippen LogP contribution in [0.4, 0.5) is 8.78 Å². The lowest BCUT2D eigenvalue weighted by Gasteiger charge is -2.19. The van der Waals surface area contributed by atoms with E-state index in [1.807, 2.05) is 6.92 Å². The highest BCUT2D eigenvalue weighted by molar-refractivity contribution is 8.23. The Balaban J connectivity index is 3.96. The van der Waals surface area contributed by atoms with Gasteiger partial charge in [0.05, 0.1) is 0 Å². The molecule has 1 nitrogen and oxygen atoms in total. The lowest BCUT2D eigenvalue weighted by atomic mass is 10.1. The first-order valence-corrected chi connectivity index (χ1v) is 5.89. The van der Waals surface area contributed by atoms with Crippen LogP contribution in [0.5, 0.6) is 0 Å². The summed E-state index contributed by atoms with van der Waals surface area (Å²) in [5.74, 6) is 0. The van der Waals surface area contributed by atoms with Gasteiger partial charge < -0.3 is 4.90 Å². The molecule has 0 saturated heterocycles. The molecule has 5 heteroatoms. The predicted molar refractivity (Wildman–Crippen MR) is 67.5 cm³/mol. The van der Waals surface area contributed by atoms with Gasteiger partial charge in [-0.2, -0.15) is 8.78 Å². The molecule has 15 heavy (non-hydrogen) atoms. The number of hydrogen-bond acceptors (Lipinski definition) is 2. The molecule has 0 aliphatic rings. The van der Waals surface area contributed by atoms with Gasteiger partial charge in [-0.15, -0.1) is 6.58 Å². The van der Waals surface area contributed by atoms with Crippen LogP contribution in [0.3, 0.4) is 0 Å². The molecule has 0 atom stereocenters. The molecule has 0 spiro atoms. The van der Waals surface area contributed by atoms with Gasteiger partial charge in [-0.05, 0) is 31.5 Å². The first-order chi connectivity index (χ1) is 6.74. The third-order valence-corrected chi connectivity index (χ3v) is 3.33. The van der Waals surface area contributed by atoms with Gasteiger partial charge in [0, 0.05) is 20.5 Å². The monoisotopic (exact) mass is 253 g/mol. The Morgan fingerprint density at radius 2 is 2.00 bits per heavy atom. The number of alkyl halides is 2. The van der Waals surface area contributed by atoms with Crippen molar-refractivity contribution in [2.75, 3.05) is 14.1 Å². The average molecular weight is 253 g/mol. The zero-order valence-corrected chi connectivity index (χ0v) is 11.0. The highest BCUT2D eigenvalue weighted by Crippen LogP contribution is 2.35. The van der Waals surface area contributed by atoms with Crippen LogP contribution in [-0.2, 0) is 0 Å². The predicted octanol–water partition coefficient (Wildman–Crippen LogP) is 3.91. The van der Waals surface area contributed by atoms with Crippen LogP contribution in [0.25, 0.3) is 0 Å². The van der Waals surface area contributed by atoms with Gasteiger partial charge in [0.1, 0.15) is 4.32 Å². The van der Waals surface area contributed by atoms with Crippen LogP contribution in [-0.4, -0.2) is 28.6 Å². The summed E-state index contributed by atoms with van der Waals surface area (Å²) in [7, 11) is 3.33. The van der Waals surface area contributed by atoms with E-state index in [0.29, 0.717) is 24.6 Å². The zero-order chi connectivity index (χ0) is 12.1. The summed E-state index contributed by atoms with van der Waals surface area (Å²) in [6.45, 7) is 5.52. The molecule has 0 aromatic rings. The Morgan fingerprint density at radius 1 is 1.47 bits per heavy atom. The highest BCUT2D eigenvalue weighted by atomic mass is 32.2. The molecule has 0 amide bonds. The Morgan fingerprint density at radius 3 is 2.40 bits per heavy atom. The first kappa shape index (κ1) is 14.8. The molecule has 0 aliphatic carbocycles. The van der Waals surface area contributed by atoms with E-state index >= 15 is 0 Å². The molecule has 0 aromatic heterocycles. The van der Waals surface area contributed by atoms with Gasteiger partial charge in [-0.3, -0.25) is 0 Å². The van der Waals surface area contributed by atoms with Crippen molar-refractivity contribution >= 4 is 28.3 Å². The van der Waals surface area contributed by atoms with Crippen molar-refractivity contribution in [1.82, 2.24) is 4.90 Å². The van der Waals surface area contributed by atoms with E-state index < -0.39 is 5.25 Å². The van der Waals surface area contributed by atoms with E-state index in [-0.39, 0.29) is 10.7 Å². The van der Waals surface area contributed by atoms with E-state index in [9.17, 15) is 8.78 Å². The summed E-state index contributed by atoms with van der Waals surface area (Å²) in [6, 6.07) is 0. The summed E-state index contributed by atoms with van der Waals surface area (Å²) < 4.78 is 26.8. The molecule has 0 bridgehead atoms. The second-order valence-electron chi connectivity index (χ2n) is 3.71. The number of thiocarbonyl (C=S) groups is 1. The third kappa shape index (κ3) is 7.73. The Hall–Kier alpha value is -0.160. The summed E-state index contributed by atoms with van der Waals surface area (Å²) in [6.07, 6.45) is 0.939. The van der Waals surface area contributed by atoms with Crippen molar-refractivity contribution in [2.45, 2.75) is 31.4 Å². The topological polar surface area (TPSA) is 3.24 Å². The van der Waals surface area contributed by atoms with Crippen molar-refractivity contribution in [3.63, 3.8) is 0 Å². The molecular weight excluding hydrogens is 236 g/mol. The normalized spacial score (nSPS) is 11.3. The second kappa shape index (κ2) is 6.43. The van der Waals surface area contributed by atoms with Crippen molar-refractivity contribution in [1.29, 1.82) is 0 Å². The molecule has 0 fully saturated rings. The smallest absolute Gasteiger partial charge is 0.300 e. The van der Waals surface area contributed by atoms with Crippen molar-refractivity contribution in [2.24, 2.45) is 0 Å². The highest BCUT2D eigenvalue weighted by Gasteiger charge is 2.31. The van der Waals surface area contributed by atoms with Gasteiger partial charge in [0.15, 0.2) is 0 Å². The van der Waals surface area contributed by atoms with E-state index in [4.69, 9.17) is 12.2 Å². The van der Waals surface area contributed by atoms with Gasteiger partial charge >= 0.3 is 0 Å². The van der Waals surface area contributed by atoms with Crippen molar-refractivity contribution in [3.8, 4) is 0 Å². The molecule has 88 valence electrons. The van der Waals surface area contributed by atoms with Gasteiger partial charge in [0.2, 0.25) is 0 Å². The fourth-order valence-electron chi connectivity index (χ4n) is 0.866. The number of thioether (sulfide) groups is 1. The van der Waals surface area contributed by atoms with Crippen LogP contribution >= 0.6 is 24.0 Å². The summed E-state index contributed by atoms with van der Waals surface area (Å²) in [5.41, 5.74) is 0.936. The largest absolute Gasteiger partial charge is 0.363 e. The summed E-state index contributed by atoms with van der Waals surface area (Å²) in [5, 5.41) is -2.77. The average Bonchev–Trinajstić information content (AvgIpc) is 2.01. The maximum absolute atomic E-state index is 13.3. The van der Waals surface area contributed by atoms with Gasteiger partial charge in [0.25, 0.3) is 5.25 Å². The number of halogens is 2. The second-order valence-corrected chi connectivity index (χ2v) is 5.54. The number of rotatable bonds is 5. The molecule has 0 radical (unpaired) electrons. The van der Waals surface area contributed by atoms with Crippen LogP contribution in [0, 0.1) is 0 Å². The molecular formula is C10H17F2NS2. The number of nitrogens with zero attached hydrogens (tertiary/aromatic N) is 1. The molecule has 0 N–H and O–H groups in total. The maximum atomic E-state index is 13.3. The summed E-state index contributed by atoms with van der Waals surface area (Å²) in [4.78, 5) is 1.52. The fourth-order valence-corrected chi connectivity index (χ4v) is 1.92. The zero-order valence-electron chi connectivity index (χ0n) is 9.35. The maximum Gasteiger partial charge on any atom is 0.300 e. The molecule has 0 saturated carbocycles. The fraction of sp³-hybridized carbons (Fsp3) is 0.700. The number of hydrogen-bond donors (Lipinski definition) is 0. The first-order valence-electron chi connectivity index (χ1n) is 4.67. The molecule has 0 aromatic carbocycles. The Labute approximate surface area is 99.9 Å². The summed E-state index contributed by atoms with van der Waals surface area (Å²) >= 11 is 5.28. The minimum atomic E-state index is -2.77. The van der Waals surface area contributed by atoms with Crippen LogP contribution in [0.15, 0.2) is 12.2 Å². The SMILES string of the molecule is C=C(C)CCCC(F)(F)SC(=S)N(C)C. The van der Waals surface area contributed by atoms with E-state index in [1.165, 1.54) is 4.90 Å². The lowest BCUT2D eigenvalue weighted by molar-refractivity contribution is 0.0945. The van der Waals surface area contributed by atoms with Gasteiger partial charge in [-0.1, -0.05) is 17.8 Å². The van der Waals surface area contributed by atoms with Gasteiger partial charge in [-0.25, -0.2) is 0 Å². The third-order valence-electron chi connectivity index (χ3n) is 1.67. The van der Waals surface area contributed by atoms with Crippen molar-refractivity contribution < 1.29 is 8.78 Å². The molecule has 0 heterocycles. The van der Waals surface area contributed by atoms with E-state index in [1.54, 1.807) is 14.1 Å². The van der Waals surface area contributed by atoms with Crippen molar-refractivity contribution in [3.05, 3.63) is 12.2 Å². The van der Waals surface area contributed by atoms with E-state index in [0.717, 1.165) is 5.57 Å². The minimum absolute atomic E-state index is 0.154. The Bertz CT molecular complexity index is 240. The molecule has 0 aliphatic heterocycles. The van der Waals surface area contributed by atoms with E-state index in [2.05, 4.69) is 6.58 Å². The van der Waals surface area contributed by atoms with Crippen LogP contribution in [0.1, 0.15) is 26.2 Å². The molecule has 0 unspecified atom stereocenters. The quantitative estimate of drug-likeness (QED) is 0.540.